The number of carbonyl (C=O) groups is 1. The summed E-state index contributed by atoms with van der Waals surface area (Å²) in [4.78, 5) is 16.9. The molecule has 0 radical (unpaired) electrons. The molecule has 1 unspecified atom stereocenters. The fraction of sp³-hybridized carbons (Fsp3) is 0.300. The van der Waals surface area contributed by atoms with Gasteiger partial charge in [-0.05, 0) is 35.9 Å². The number of thiophene rings is 1. The van der Waals surface area contributed by atoms with Crippen LogP contribution in [0.1, 0.15) is 18.4 Å². The van der Waals surface area contributed by atoms with Gasteiger partial charge in [0.25, 0.3) is 10.0 Å². The van der Waals surface area contributed by atoms with E-state index in [1.807, 2.05) is 35.0 Å². The minimum Gasteiger partial charge on any atom is -0.352 e. The van der Waals surface area contributed by atoms with Crippen LogP contribution in [-0.4, -0.2) is 41.3 Å². The number of nitrogens with zero attached hydrogens (tertiary/aromatic N) is 3. The van der Waals surface area contributed by atoms with Crippen molar-refractivity contribution in [2.75, 3.05) is 13.1 Å². The van der Waals surface area contributed by atoms with Gasteiger partial charge in [-0.2, -0.15) is 4.31 Å². The zero-order valence-corrected chi connectivity index (χ0v) is 17.4. The molecule has 1 N–H and O–H groups in total. The summed E-state index contributed by atoms with van der Waals surface area (Å²) in [6.45, 7) is 1.05. The van der Waals surface area contributed by atoms with E-state index in [0.717, 1.165) is 11.3 Å². The number of benzene rings is 1. The Morgan fingerprint density at radius 2 is 2.10 bits per heavy atom. The van der Waals surface area contributed by atoms with Crippen LogP contribution in [0.15, 0.2) is 64.7 Å². The molecule has 4 rings (SSSR count). The summed E-state index contributed by atoms with van der Waals surface area (Å²) in [5, 5.41) is 4.73. The number of carbonyl (C=O) groups excluding carboxylic acids is 1. The van der Waals surface area contributed by atoms with E-state index in [9.17, 15) is 13.2 Å². The van der Waals surface area contributed by atoms with Crippen molar-refractivity contribution in [2.45, 2.75) is 23.6 Å². The summed E-state index contributed by atoms with van der Waals surface area (Å²) in [5.74, 6) is -0.463. The Morgan fingerprint density at radius 1 is 1.24 bits per heavy atom. The van der Waals surface area contributed by atoms with Crippen molar-refractivity contribution in [1.82, 2.24) is 19.2 Å². The summed E-state index contributed by atoms with van der Waals surface area (Å²) >= 11 is 1.20. The van der Waals surface area contributed by atoms with Crippen LogP contribution in [0.4, 0.5) is 0 Å². The molecule has 0 aliphatic carbocycles. The minimum absolute atomic E-state index is 0.114. The Balaban J connectivity index is 1.42. The van der Waals surface area contributed by atoms with Gasteiger partial charge in [-0.15, -0.1) is 11.3 Å². The first-order chi connectivity index (χ1) is 14.1. The molecule has 9 heteroatoms. The molecular formula is C20H22N4O3S2. The van der Waals surface area contributed by atoms with Crippen LogP contribution < -0.4 is 5.32 Å². The lowest BCUT2D eigenvalue weighted by atomic mass is 9.98. The molecule has 7 nitrogen and oxygen atoms in total. The molecule has 1 aromatic carbocycles. The number of piperidine rings is 1. The van der Waals surface area contributed by atoms with Gasteiger partial charge in [0.2, 0.25) is 5.91 Å². The van der Waals surface area contributed by atoms with E-state index in [4.69, 9.17) is 0 Å². The van der Waals surface area contributed by atoms with Gasteiger partial charge in [0.15, 0.2) is 0 Å². The van der Waals surface area contributed by atoms with Crippen LogP contribution in [0.3, 0.4) is 0 Å². The van der Waals surface area contributed by atoms with Gasteiger partial charge in [-0.25, -0.2) is 13.4 Å². The Kier molecular flexibility index (Phi) is 5.79. The number of rotatable bonds is 6. The standard InChI is InChI=1S/C20H22N4O3S2/c25-20(22-13-16-5-1-2-7-18(16)23-11-9-21-15-23)17-6-3-10-24(14-17)29(26,27)19-8-4-12-28-19/h1-2,4-5,7-9,11-12,15,17H,3,6,10,13-14H2,(H,22,25). The fourth-order valence-corrected chi connectivity index (χ4v) is 6.22. The van der Waals surface area contributed by atoms with E-state index in [-0.39, 0.29) is 18.4 Å². The van der Waals surface area contributed by atoms with Crippen molar-refractivity contribution >= 4 is 27.3 Å². The monoisotopic (exact) mass is 430 g/mol. The van der Waals surface area contributed by atoms with E-state index in [2.05, 4.69) is 10.3 Å². The zero-order chi connectivity index (χ0) is 20.3. The number of nitrogens with one attached hydrogen (secondary N) is 1. The Labute approximate surface area is 174 Å². The number of amides is 1. The van der Waals surface area contributed by atoms with Gasteiger partial charge in [0.1, 0.15) is 4.21 Å². The third-order valence-corrected chi connectivity index (χ3v) is 8.31. The highest BCUT2D eigenvalue weighted by Gasteiger charge is 2.33. The molecular weight excluding hydrogens is 408 g/mol. The van der Waals surface area contributed by atoms with E-state index in [1.54, 1.807) is 30.0 Å². The molecule has 152 valence electrons. The van der Waals surface area contributed by atoms with Gasteiger partial charge in [0, 0.05) is 32.0 Å². The van der Waals surface area contributed by atoms with Gasteiger partial charge < -0.3 is 9.88 Å². The first-order valence-electron chi connectivity index (χ1n) is 9.43. The third kappa shape index (κ3) is 4.26. The van der Waals surface area contributed by atoms with Gasteiger partial charge >= 0.3 is 0 Å². The average Bonchev–Trinajstić information content (AvgIpc) is 3.47. The maximum absolute atomic E-state index is 12.8. The van der Waals surface area contributed by atoms with Crippen molar-refractivity contribution < 1.29 is 13.2 Å². The molecule has 3 aromatic rings. The topological polar surface area (TPSA) is 84.3 Å². The van der Waals surface area contributed by atoms with Crippen molar-refractivity contribution in [3.8, 4) is 5.69 Å². The number of hydrogen-bond donors (Lipinski definition) is 1. The van der Waals surface area contributed by atoms with E-state index in [0.29, 0.717) is 30.1 Å². The molecule has 1 aliphatic rings. The summed E-state index contributed by atoms with van der Waals surface area (Å²) < 4.78 is 29.2. The van der Waals surface area contributed by atoms with E-state index in [1.165, 1.54) is 15.6 Å². The average molecular weight is 431 g/mol. The molecule has 3 heterocycles. The predicted molar refractivity (Wildman–Crippen MR) is 111 cm³/mol. The van der Waals surface area contributed by atoms with E-state index < -0.39 is 10.0 Å². The Bertz CT molecular complexity index is 1060. The summed E-state index contributed by atoms with van der Waals surface area (Å²) in [6, 6.07) is 11.1. The summed E-state index contributed by atoms with van der Waals surface area (Å²) in [6.07, 6.45) is 6.64. The molecule has 1 amide bonds. The molecule has 1 atom stereocenters. The number of hydrogen-bond acceptors (Lipinski definition) is 5. The Hall–Kier alpha value is -2.49. The lowest BCUT2D eigenvalue weighted by Gasteiger charge is -2.30. The first kappa shape index (κ1) is 19.8. The van der Waals surface area contributed by atoms with Crippen LogP contribution in [0.25, 0.3) is 5.69 Å². The van der Waals surface area contributed by atoms with Gasteiger partial charge in [-0.3, -0.25) is 4.79 Å². The first-order valence-corrected chi connectivity index (χ1v) is 11.8. The number of aromatic nitrogens is 2. The van der Waals surface area contributed by atoms with Crippen LogP contribution in [0.2, 0.25) is 0 Å². The number of sulfonamides is 1. The molecule has 1 saturated heterocycles. The largest absolute Gasteiger partial charge is 0.352 e. The van der Waals surface area contributed by atoms with Crippen LogP contribution in [0.5, 0.6) is 0 Å². The zero-order valence-electron chi connectivity index (χ0n) is 15.8. The smallest absolute Gasteiger partial charge is 0.252 e. The second kappa shape index (κ2) is 8.48. The highest BCUT2D eigenvalue weighted by atomic mass is 32.2. The number of para-hydroxylation sites is 1. The predicted octanol–water partition coefficient (Wildman–Crippen LogP) is 2.65. The molecule has 29 heavy (non-hydrogen) atoms. The highest BCUT2D eigenvalue weighted by Crippen LogP contribution is 2.26. The summed E-state index contributed by atoms with van der Waals surface area (Å²) in [5.41, 5.74) is 1.92. The molecule has 0 spiro atoms. The van der Waals surface area contributed by atoms with Crippen molar-refractivity contribution in [1.29, 1.82) is 0 Å². The number of imidazole rings is 1. The molecule has 1 aliphatic heterocycles. The maximum Gasteiger partial charge on any atom is 0.252 e. The molecule has 0 saturated carbocycles. The fourth-order valence-electron chi connectivity index (χ4n) is 3.55. The summed E-state index contributed by atoms with van der Waals surface area (Å²) in [7, 11) is -3.53. The van der Waals surface area contributed by atoms with Crippen molar-refractivity contribution in [3.63, 3.8) is 0 Å². The van der Waals surface area contributed by atoms with Gasteiger partial charge in [0.05, 0.1) is 17.9 Å². The molecule has 0 bridgehead atoms. The quantitative estimate of drug-likeness (QED) is 0.652. The van der Waals surface area contributed by atoms with Crippen LogP contribution in [0, 0.1) is 5.92 Å². The molecule has 2 aromatic heterocycles. The normalized spacial score (nSPS) is 17.9. The lowest BCUT2D eigenvalue weighted by Crippen LogP contribution is -2.45. The van der Waals surface area contributed by atoms with Crippen molar-refractivity contribution in [3.05, 3.63) is 66.1 Å². The highest BCUT2D eigenvalue weighted by molar-refractivity contribution is 7.91. The third-order valence-electron chi connectivity index (χ3n) is 5.07. The van der Waals surface area contributed by atoms with E-state index >= 15 is 0 Å². The maximum atomic E-state index is 12.8. The minimum atomic E-state index is -3.53. The second-order valence-corrected chi connectivity index (χ2v) is 10.1. The van der Waals surface area contributed by atoms with Gasteiger partial charge in [-0.1, -0.05) is 24.3 Å². The Morgan fingerprint density at radius 3 is 2.86 bits per heavy atom. The molecule has 1 fully saturated rings. The SMILES string of the molecule is O=C(NCc1ccccc1-n1ccnc1)C1CCCN(S(=O)(=O)c2cccs2)C1. The van der Waals surface area contributed by atoms with Crippen LogP contribution >= 0.6 is 11.3 Å². The second-order valence-electron chi connectivity index (χ2n) is 6.95. The van der Waals surface area contributed by atoms with Crippen LogP contribution in [-0.2, 0) is 21.4 Å². The lowest BCUT2D eigenvalue weighted by molar-refractivity contribution is -0.126. The van der Waals surface area contributed by atoms with Crippen molar-refractivity contribution in [2.24, 2.45) is 5.92 Å².